The van der Waals surface area contributed by atoms with E-state index >= 15 is 0 Å². The van der Waals surface area contributed by atoms with Gasteiger partial charge in [-0.2, -0.15) is 0 Å². The van der Waals surface area contributed by atoms with Gasteiger partial charge < -0.3 is 10.4 Å². The molecule has 0 radical (unpaired) electrons. The Morgan fingerprint density at radius 3 is 2.72 bits per heavy atom. The van der Waals surface area contributed by atoms with Gasteiger partial charge in [-0.15, -0.1) is 0 Å². The van der Waals surface area contributed by atoms with Crippen molar-refractivity contribution in [3.63, 3.8) is 0 Å². The van der Waals surface area contributed by atoms with E-state index in [9.17, 15) is 4.79 Å². The summed E-state index contributed by atoms with van der Waals surface area (Å²) in [5.41, 5.74) is 1.92. The minimum absolute atomic E-state index is 0.156. The number of carboxylic acid groups (broad SMARTS) is 1. The first kappa shape index (κ1) is 12.4. The summed E-state index contributed by atoms with van der Waals surface area (Å²) in [6, 6.07) is 8.64. The average molecular weight is 263 g/mol. The van der Waals surface area contributed by atoms with Crippen LogP contribution in [0.3, 0.4) is 0 Å². The van der Waals surface area contributed by atoms with Crippen LogP contribution in [0.25, 0.3) is 0 Å². The Morgan fingerprint density at radius 1 is 1.33 bits per heavy atom. The number of hydrogen-bond donors (Lipinski definition) is 2. The van der Waals surface area contributed by atoms with Crippen LogP contribution in [0.5, 0.6) is 0 Å². The first-order valence-corrected chi connectivity index (χ1v) is 5.67. The molecule has 0 aliphatic heterocycles. The van der Waals surface area contributed by atoms with Crippen molar-refractivity contribution in [3.8, 4) is 0 Å². The number of nitrogens with one attached hydrogen (secondary N) is 1. The average Bonchev–Trinajstić information content (AvgIpc) is 2.36. The Labute approximate surface area is 109 Å². The van der Waals surface area contributed by atoms with Crippen LogP contribution < -0.4 is 5.32 Å². The van der Waals surface area contributed by atoms with Crippen LogP contribution in [-0.2, 0) is 0 Å². The van der Waals surface area contributed by atoms with Crippen molar-refractivity contribution < 1.29 is 9.90 Å². The predicted molar refractivity (Wildman–Crippen MR) is 70.7 cm³/mol. The number of carboxylic acids is 1. The van der Waals surface area contributed by atoms with Crippen LogP contribution in [0, 0.1) is 6.92 Å². The number of pyridine rings is 1. The summed E-state index contributed by atoms with van der Waals surface area (Å²) < 4.78 is 0. The number of carbonyl (C=O) groups is 1. The van der Waals surface area contributed by atoms with Crippen molar-refractivity contribution in [2.75, 3.05) is 5.32 Å². The van der Waals surface area contributed by atoms with Gasteiger partial charge in [0.15, 0.2) is 0 Å². The molecule has 0 atom stereocenters. The van der Waals surface area contributed by atoms with E-state index in [-0.39, 0.29) is 5.56 Å². The molecule has 0 fully saturated rings. The van der Waals surface area contributed by atoms with E-state index in [1.165, 1.54) is 12.3 Å². The number of aromatic carboxylic acids is 1. The van der Waals surface area contributed by atoms with Gasteiger partial charge in [0.05, 0.1) is 5.56 Å². The molecule has 0 saturated heterocycles. The Hall–Kier alpha value is -2.07. The summed E-state index contributed by atoms with van der Waals surface area (Å²) >= 11 is 6.01. The molecule has 0 amide bonds. The predicted octanol–water partition coefficient (Wildman–Crippen LogP) is 3.49. The van der Waals surface area contributed by atoms with Crippen LogP contribution in [-0.4, -0.2) is 16.1 Å². The second-order valence-corrected chi connectivity index (χ2v) is 4.18. The lowest BCUT2D eigenvalue weighted by molar-refractivity contribution is 0.0696. The first-order chi connectivity index (χ1) is 8.58. The van der Waals surface area contributed by atoms with Crippen molar-refractivity contribution in [1.29, 1.82) is 0 Å². The third kappa shape index (κ3) is 2.60. The van der Waals surface area contributed by atoms with Gasteiger partial charge in [-0.05, 0) is 36.8 Å². The highest BCUT2D eigenvalue weighted by Crippen LogP contribution is 2.25. The second-order valence-electron chi connectivity index (χ2n) is 3.77. The Bertz CT molecular complexity index is 582. The number of halogens is 1. The highest BCUT2D eigenvalue weighted by Gasteiger charge is 2.05. The molecule has 5 heteroatoms. The zero-order chi connectivity index (χ0) is 13.1. The molecule has 4 nitrogen and oxygen atoms in total. The standard InChI is InChI=1S/C13H11ClN2O2/c1-8-10(14)3-2-4-11(8)16-12-6-5-9(7-15-12)13(17)18/h2-7H,1H3,(H,15,16)(H,17,18). The Morgan fingerprint density at radius 2 is 2.11 bits per heavy atom. The van der Waals surface area contributed by atoms with E-state index in [2.05, 4.69) is 10.3 Å². The van der Waals surface area contributed by atoms with Crippen LogP contribution in [0.1, 0.15) is 15.9 Å². The lowest BCUT2D eigenvalue weighted by atomic mass is 10.2. The molecule has 0 aliphatic rings. The number of aromatic nitrogens is 1. The van der Waals surface area contributed by atoms with Crippen LogP contribution >= 0.6 is 11.6 Å². The van der Waals surface area contributed by atoms with Gasteiger partial charge in [0, 0.05) is 16.9 Å². The van der Waals surface area contributed by atoms with Crippen LogP contribution in [0.4, 0.5) is 11.5 Å². The summed E-state index contributed by atoms with van der Waals surface area (Å²) in [5.74, 6) is -0.418. The first-order valence-electron chi connectivity index (χ1n) is 5.29. The molecule has 2 N–H and O–H groups in total. The quantitative estimate of drug-likeness (QED) is 0.889. The van der Waals surface area contributed by atoms with Crippen LogP contribution in [0.15, 0.2) is 36.5 Å². The maximum Gasteiger partial charge on any atom is 0.337 e. The number of rotatable bonds is 3. The zero-order valence-electron chi connectivity index (χ0n) is 9.64. The zero-order valence-corrected chi connectivity index (χ0v) is 10.4. The van der Waals surface area contributed by atoms with Crippen molar-refractivity contribution >= 4 is 29.1 Å². The lowest BCUT2D eigenvalue weighted by Gasteiger charge is -2.09. The Kier molecular flexibility index (Phi) is 3.48. The highest BCUT2D eigenvalue weighted by atomic mass is 35.5. The highest BCUT2D eigenvalue weighted by molar-refractivity contribution is 6.31. The normalized spacial score (nSPS) is 10.1. The molecule has 1 aromatic carbocycles. The van der Waals surface area contributed by atoms with E-state index in [1.54, 1.807) is 6.07 Å². The largest absolute Gasteiger partial charge is 0.478 e. The van der Waals surface area contributed by atoms with Crippen molar-refractivity contribution in [2.45, 2.75) is 6.92 Å². The lowest BCUT2D eigenvalue weighted by Crippen LogP contribution is -2.00. The maximum absolute atomic E-state index is 10.7. The summed E-state index contributed by atoms with van der Waals surface area (Å²) in [6.45, 7) is 1.90. The molecule has 0 aliphatic carbocycles. The fourth-order valence-corrected chi connectivity index (χ4v) is 1.65. The minimum Gasteiger partial charge on any atom is -0.478 e. The minimum atomic E-state index is -0.993. The molecule has 18 heavy (non-hydrogen) atoms. The van der Waals surface area contributed by atoms with E-state index in [0.29, 0.717) is 10.8 Å². The molecule has 0 unspecified atom stereocenters. The summed E-state index contributed by atoms with van der Waals surface area (Å²) in [6.07, 6.45) is 1.31. The van der Waals surface area contributed by atoms with Gasteiger partial charge in [0.2, 0.25) is 0 Å². The van der Waals surface area contributed by atoms with E-state index in [1.807, 2.05) is 25.1 Å². The summed E-state index contributed by atoms with van der Waals surface area (Å²) in [4.78, 5) is 14.7. The molecule has 2 rings (SSSR count). The van der Waals surface area contributed by atoms with Gasteiger partial charge in [-0.25, -0.2) is 9.78 Å². The SMILES string of the molecule is Cc1c(Cl)cccc1Nc1ccc(C(=O)O)cn1. The third-order valence-electron chi connectivity index (χ3n) is 2.54. The van der Waals surface area contributed by atoms with Crippen molar-refractivity contribution in [2.24, 2.45) is 0 Å². The third-order valence-corrected chi connectivity index (χ3v) is 2.95. The van der Waals surface area contributed by atoms with Crippen molar-refractivity contribution in [1.82, 2.24) is 4.98 Å². The molecule has 0 spiro atoms. The molecule has 0 bridgehead atoms. The fourth-order valence-electron chi connectivity index (χ4n) is 1.48. The van der Waals surface area contributed by atoms with E-state index in [4.69, 9.17) is 16.7 Å². The van der Waals surface area contributed by atoms with Gasteiger partial charge in [0.25, 0.3) is 0 Å². The number of hydrogen-bond acceptors (Lipinski definition) is 3. The molecular formula is C13H11ClN2O2. The summed E-state index contributed by atoms with van der Waals surface area (Å²) in [7, 11) is 0. The van der Waals surface area contributed by atoms with Gasteiger partial charge in [-0.3, -0.25) is 0 Å². The molecule has 0 saturated carbocycles. The molecule has 1 aromatic heterocycles. The van der Waals surface area contributed by atoms with E-state index in [0.717, 1.165) is 11.3 Å². The van der Waals surface area contributed by atoms with Gasteiger partial charge >= 0.3 is 5.97 Å². The van der Waals surface area contributed by atoms with Gasteiger partial charge in [-0.1, -0.05) is 17.7 Å². The molecule has 92 valence electrons. The topological polar surface area (TPSA) is 62.2 Å². The Balaban J connectivity index is 2.24. The van der Waals surface area contributed by atoms with E-state index < -0.39 is 5.97 Å². The monoisotopic (exact) mass is 262 g/mol. The summed E-state index contributed by atoms with van der Waals surface area (Å²) in [5, 5.41) is 12.5. The molecular weight excluding hydrogens is 252 g/mol. The maximum atomic E-state index is 10.7. The number of anilines is 2. The van der Waals surface area contributed by atoms with Gasteiger partial charge in [0.1, 0.15) is 5.82 Å². The fraction of sp³-hybridized carbons (Fsp3) is 0.0769. The second kappa shape index (κ2) is 5.06. The smallest absolute Gasteiger partial charge is 0.337 e. The number of nitrogens with zero attached hydrogens (tertiary/aromatic N) is 1. The van der Waals surface area contributed by atoms with Crippen molar-refractivity contribution in [3.05, 3.63) is 52.7 Å². The van der Waals surface area contributed by atoms with Crippen LogP contribution in [0.2, 0.25) is 5.02 Å². The molecule has 1 heterocycles. The molecule has 2 aromatic rings. The number of benzene rings is 1.